The highest BCUT2D eigenvalue weighted by atomic mass is 15.2. The van der Waals surface area contributed by atoms with E-state index in [2.05, 4.69) is 30.6 Å². The van der Waals surface area contributed by atoms with Gasteiger partial charge in [-0.25, -0.2) is 0 Å². The van der Waals surface area contributed by atoms with Crippen molar-refractivity contribution < 1.29 is 0 Å². The maximum absolute atomic E-state index is 3.27. The summed E-state index contributed by atoms with van der Waals surface area (Å²) in [5.74, 6) is 0. The number of hydrogen-bond acceptors (Lipinski definition) is 2. The summed E-state index contributed by atoms with van der Waals surface area (Å²) in [5.41, 5.74) is 0. The maximum atomic E-state index is 3.27. The van der Waals surface area contributed by atoms with Crippen molar-refractivity contribution in [3.05, 3.63) is 6.54 Å². The molecule has 0 aromatic carbocycles. The Morgan fingerprint density at radius 2 is 2.33 bits per heavy atom. The summed E-state index contributed by atoms with van der Waals surface area (Å²) in [6.07, 6.45) is 0. The highest BCUT2D eigenvalue weighted by Crippen LogP contribution is 2.01. The molecule has 1 radical (unpaired) electrons. The standard InChI is InChI=1S/C7H15N2/c1-7(2)9-5-3-8-4-6-9/h5,7-8H,3-4,6H2,1-2H3. The van der Waals surface area contributed by atoms with E-state index in [-0.39, 0.29) is 0 Å². The predicted octanol–water partition coefficient (Wildman–Crippen LogP) is 0.462. The Balaban J connectivity index is 2.23. The molecule has 1 rings (SSSR count). The predicted molar refractivity (Wildman–Crippen MR) is 39.0 cm³/mol. The van der Waals surface area contributed by atoms with Gasteiger partial charge in [-0.2, -0.15) is 0 Å². The highest BCUT2D eigenvalue weighted by Gasteiger charge is 2.11. The van der Waals surface area contributed by atoms with E-state index in [0.29, 0.717) is 6.04 Å². The van der Waals surface area contributed by atoms with Crippen LogP contribution in [0, 0.1) is 6.54 Å². The van der Waals surface area contributed by atoms with Crippen LogP contribution in [0.15, 0.2) is 0 Å². The zero-order valence-corrected chi connectivity index (χ0v) is 6.22. The fraction of sp³-hybridized carbons (Fsp3) is 0.857. The van der Waals surface area contributed by atoms with E-state index >= 15 is 0 Å². The van der Waals surface area contributed by atoms with Crippen LogP contribution < -0.4 is 5.32 Å². The molecule has 9 heavy (non-hydrogen) atoms. The molecule has 0 aromatic rings. The SMILES string of the molecule is CC(C)N1[CH]CNCC1. The van der Waals surface area contributed by atoms with E-state index in [1.165, 1.54) is 0 Å². The average molecular weight is 127 g/mol. The molecule has 1 fully saturated rings. The van der Waals surface area contributed by atoms with E-state index in [1.54, 1.807) is 0 Å². The van der Waals surface area contributed by atoms with Crippen LogP contribution in [0.4, 0.5) is 0 Å². The first-order valence-corrected chi connectivity index (χ1v) is 3.60. The molecule has 0 saturated carbocycles. The van der Waals surface area contributed by atoms with E-state index < -0.39 is 0 Å². The molecule has 0 aliphatic carbocycles. The molecule has 1 heterocycles. The molecule has 0 bridgehead atoms. The van der Waals surface area contributed by atoms with Gasteiger partial charge < -0.3 is 5.32 Å². The molecule has 2 heteroatoms. The molecule has 0 unspecified atom stereocenters. The van der Waals surface area contributed by atoms with Crippen LogP contribution in [0.3, 0.4) is 0 Å². The van der Waals surface area contributed by atoms with Crippen LogP contribution in [-0.4, -0.2) is 30.6 Å². The van der Waals surface area contributed by atoms with Crippen molar-refractivity contribution in [1.82, 2.24) is 10.2 Å². The van der Waals surface area contributed by atoms with E-state index in [0.717, 1.165) is 19.6 Å². The molecule has 0 amide bonds. The first kappa shape index (κ1) is 7.03. The van der Waals surface area contributed by atoms with Crippen LogP contribution in [0.25, 0.3) is 0 Å². The minimum absolute atomic E-state index is 0.673. The molecular formula is C7H15N2. The van der Waals surface area contributed by atoms with Gasteiger partial charge in [0.15, 0.2) is 0 Å². The van der Waals surface area contributed by atoms with Crippen molar-refractivity contribution in [2.75, 3.05) is 19.6 Å². The minimum Gasteiger partial charge on any atom is -0.314 e. The smallest absolute Gasteiger partial charge is 0.0391 e. The summed E-state index contributed by atoms with van der Waals surface area (Å²) in [6.45, 7) is 10.0. The normalized spacial score (nSPS) is 23.0. The number of nitrogens with zero attached hydrogens (tertiary/aromatic N) is 1. The molecule has 2 nitrogen and oxygen atoms in total. The second kappa shape index (κ2) is 3.18. The monoisotopic (exact) mass is 127 g/mol. The second-order valence-electron chi connectivity index (χ2n) is 2.72. The van der Waals surface area contributed by atoms with Crippen LogP contribution in [0.1, 0.15) is 13.8 Å². The zero-order valence-electron chi connectivity index (χ0n) is 6.22. The third-order valence-electron chi connectivity index (χ3n) is 1.68. The number of piperazine rings is 1. The van der Waals surface area contributed by atoms with Crippen LogP contribution >= 0.6 is 0 Å². The molecular weight excluding hydrogens is 112 g/mol. The van der Waals surface area contributed by atoms with Gasteiger partial charge in [-0.15, -0.1) is 0 Å². The molecule has 1 N–H and O–H groups in total. The molecule has 53 valence electrons. The van der Waals surface area contributed by atoms with Gasteiger partial charge >= 0.3 is 0 Å². The lowest BCUT2D eigenvalue weighted by Gasteiger charge is -2.29. The zero-order chi connectivity index (χ0) is 6.69. The Morgan fingerprint density at radius 3 is 2.67 bits per heavy atom. The number of rotatable bonds is 1. The molecule has 1 aliphatic heterocycles. The molecule has 0 aromatic heterocycles. The summed E-state index contributed by atoms with van der Waals surface area (Å²) in [7, 11) is 0. The summed E-state index contributed by atoms with van der Waals surface area (Å²) < 4.78 is 0. The molecule has 1 saturated heterocycles. The highest BCUT2D eigenvalue weighted by molar-refractivity contribution is 4.79. The Kier molecular flexibility index (Phi) is 2.49. The fourth-order valence-electron chi connectivity index (χ4n) is 1.05. The summed E-state index contributed by atoms with van der Waals surface area (Å²) >= 11 is 0. The van der Waals surface area contributed by atoms with E-state index in [1.807, 2.05) is 0 Å². The maximum Gasteiger partial charge on any atom is 0.0391 e. The topological polar surface area (TPSA) is 15.3 Å². The van der Waals surface area contributed by atoms with Gasteiger partial charge in [-0.3, -0.25) is 4.90 Å². The Morgan fingerprint density at radius 1 is 1.56 bits per heavy atom. The lowest BCUT2D eigenvalue weighted by Crippen LogP contribution is -2.43. The third kappa shape index (κ3) is 1.95. The molecule has 0 spiro atoms. The van der Waals surface area contributed by atoms with Crippen LogP contribution in [-0.2, 0) is 0 Å². The third-order valence-corrected chi connectivity index (χ3v) is 1.68. The summed E-state index contributed by atoms with van der Waals surface area (Å²) in [5, 5.41) is 3.27. The van der Waals surface area contributed by atoms with Gasteiger partial charge in [-0.05, 0) is 13.8 Å². The van der Waals surface area contributed by atoms with Gasteiger partial charge in [0.25, 0.3) is 0 Å². The first-order chi connectivity index (χ1) is 4.30. The number of nitrogens with one attached hydrogen (secondary N) is 1. The Labute approximate surface area is 57.2 Å². The van der Waals surface area contributed by atoms with E-state index in [9.17, 15) is 0 Å². The lowest BCUT2D eigenvalue weighted by molar-refractivity contribution is 0.243. The van der Waals surface area contributed by atoms with Crippen molar-refractivity contribution in [1.29, 1.82) is 0 Å². The van der Waals surface area contributed by atoms with Crippen molar-refractivity contribution in [2.24, 2.45) is 0 Å². The van der Waals surface area contributed by atoms with Crippen molar-refractivity contribution >= 4 is 0 Å². The summed E-state index contributed by atoms with van der Waals surface area (Å²) in [6, 6.07) is 0.673. The van der Waals surface area contributed by atoms with Gasteiger partial charge in [0.2, 0.25) is 0 Å². The van der Waals surface area contributed by atoms with Gasteiger partial charge in [0, 0.05) is 32.2 Å². The van der Waals surface area contributed by atoms with E-state index in [4.69, 9.17) is 0 Å². The van der Waals surface area contributed by atoms with Gasteiger partial charge in [-0.1, -0.05) is 0 Å². The van der Waals surface area contributed by atoms with Crippen LogP contribution in [0.2, 0.25) is 0 Å². The fourth-order valence-corrected chi connectivity index (χ4v) is 1.05. The molecule has 1 aliphatic rings. The van der Waals surface area contributed by atoms with Crippen molar-refractivity contribution in [2.45, 2.75) is 19.9 Å². The van der Waals surface area contributed by atoms with Crippen molar-refractivity contribution in [3.63, 3.8) is 0 Å². The van der Waals surface area contributed by atoms with Crippen molar-refractivity contribution in [3.8, 4) is 0 Å². The second-order valence-corrected chi connectivity index (χ2v) is 2.72. The minimum atomic E-state index is 0.673. The van der Waals surface area contributed by atoms with Gasteiger partial charge in [0.05, 0.1) is 0 Å². The lowest BCUT2D eigenvalue weighted by atomic mass is 10.3. The first-order valence-electron chi connectivity index (χ1n) is 3.60. The Hall–Kier alpha value is -0.0800. The van der Waals surface area contributed by atoms with Crippen LogP contribution in [0.5, 0.6) is 0 Å². The quantitative estimate of drug-likeness (QED) is 0.550. The number of hydrogen-bond donors (Lipinski definition) is 1. The summed E-state index contributed by atoms with van der Waals surface area (Å²) in [4.78, 5) is 2.37. The van der Waals surface area contributed by atoms with Gasteiger partial charge in [0.1, 0.15) is 0 Å². The average Bonchev–Trinajstić information content (AvgIpc) is 1.90. The Bertz CT molecular complexity index is 75.0. The largest absolute Gasteiger partial charge is 0.314 e. The molecule has 0 atom stereocenters.